The van der Waals surface area contributed by atoms with Crippen LogP contribution in [-0.4, -0.2) is 44.5 Å². The van der Waals surface area contributed by atoms with Crippen molar-refractivity contribution in [3.63, 3.8) is 0 Å². The van der Waals surface area contributed by atoms with Crippen LogP contribution in [0.15, 0.2) is 29.8 Å². The molecule has 1 aromatic rings. The number of carbonyl (C=O) groups is 1. The molecule has 0 heterocycles. The molecule has 1 rings (SSSR count). The number of aliphatic hydroxyl groups excluding tert-OH is 1. The van der Waals surface area contributed by atoms with Crippen molar-refractivity contribution in [3.05, 3.63) is 35.4 Å². The first-order valence-electron chi connectivity index (χ1n) is 6.44. The summed E-state index contributed by atoms with van der Waals surface area (Å²) < 4.78 is 10.0. The van der Waals surface area contributed by atoms with Gasteiger partial charge in [0.15, 0.2) is 0 Å². The van der Waals surface area contributed by atoms with E-state index in [0.29, 0.717) is 5.75 Å². The lowest BCUT2D eigenvalue weighted by Crippen LogP contribution is -2.28. The maximum atomic E-state index is 11.8. The highest BCUT2D eigenvalue weighted by Gasteiger charge is 2.08. The first-order chi connectivity index (χ1) is 10.2. The van der Waals surface area contributed by atoms with Gasteiger partial charge in [0.2, 0.25) is 0 Å². The Bertz CT molecular complexity index is 517. The van der Waals surface area contributed by atoms with Crippen molar-refractivity contribution >= 4 is 12.0 Å². The third-order valence-corrected chi connectivity index (χ3v) is 2.56. The van der Waals surface area contributed by atoms with Gasteiger partial charge in [0, 0.05) is 6.54 Å². The molecule has 6 nitrogen and oxygen atoms in total. The van der Waals surface area contributed by atoms with E-state index in [1.54, 1.807) is 31.4 Å². The van der Waals surface area contributed by atoms with E-state index in [1.807, 2.05) is 6.07 Å². The van der Waals surface area contributed by atoms with Gasteiger partial charge in [-0.1, -0.05) is 12.1 Å². The zero-order valence-electron chi connectivity index (χ0n) is 11.8. The Balaban J connectivity index is 2.57. The first kappa shape index (κ1) is 16.7. The summed E-state index contributed by atoms with van der Waals surface area (Å²) in [4.78, 5) is 11.8. The van der Waals surface area contributed by atoms with E-state index in [9.17, 15) is 4.79 Å². The maximum absolute atomic E-state index is 11.8. The van der Waals surface area contributed by atoms with Gasteiger partial charge in [-0.25, -0.2) is 0 Å². The summed E-state index contributed by atoms with van der Waals surface area (Å²) in [6.45, 7) is 0.728. The van der Waals surface area contributed by atoms with Gasteiger partial charge in [-0.15, -0.1) is 0 Å². The predicted octanol–water partition coefficient (Wildman–Crippen LogP) is 0.727. The molecule has 0 spiro atoms. The van der Waals surface area contributed by atoms with Crippen molar-refractivity contribution in [2.75, 3.05) is 33.5 Å². The number of hydrogen-bond acceptors (Lipinski definition) is 5. The van der Waals surface area contributed by atoms with Crippen LogP contribution < -0.4 is 10.1 Å². The lowest BCUT2D eigenvalue weighted by atomic mass is 10.1. The van der Waals surface area contributed by atoms with Crippen LogP contribution in [0.3, 0.4) is 0 Å². The largest absolute Gasteiger partial charge is 0.497 e. The van der Waals surface area contributed by atoms with Crippen LogP contribution in [0, 0.1) is 11.3 Å². The average Bonchev–Trinajstić information content (AvgIpc) is 2.52. The van der Waals surface area contributed by atoms with Crippen LogP contribution in [0.4, 0.5) is 0 Å². The maximum Gasteiger partial charge on any atom is 0.262 e. The highest BCUT2D eigenvalue weighted by Crippen LogP contribution is 2.13. The van der Waals surface area contributed by atoms with Gasteiger partial charge in [0.1, 0.15) is 17.4 Å². The normalized spacial score (nSPS) is 10.8. The molecule has 0 radical (unpaired) electrons. The van der Waals surface area contributed by atoms with Gasteiger partial charge in [-0.2, -0.15) is 5.26 Å². The average molecular weight is 290 g/mol. The Morgan fingerprint density at radius 3 is 2.67 bits per heavy atom. The van der Waals surface area contributed by atoms with E-state index in [4.69, 9.17) is 19.8 Å². The fraction of sp³-hybridized carbons (Fsp3) is 0.333. The molecule has 0 saturated heterocycles. The quantitative estimate of drug-likeness (QED) is 0.418. The van der Waals surface area contributed by atoms with Gasteiger partial charge < -0.3 is 19.9 Å². The number of aliphatic hydroxyl groups is 1. The SMILES string of the molecule is COc1ccc(/C=C(\C#N)C(=O)NCCOCCO)cc1. The number of ether oxygens (including phenoxy) is 2. The molecule has 1 aromatic carbocycles. The topological polar surface area (TPSA) is 91.6 Å². The number of benzene rings is 1. The Hall–Kier alpha value is -2.36. The molecule has 6 heteroatoms. The molecule has 0 saturated carbocycles. The molecule has 21 heavy (non-hydrogen) atoms. The molecule has 0 atom stereocenters. The number of nitriles is 1. The number of nitrogens with one attached hydrogen (secondary N) is 1. The third kappa shape index (κ3) is 6.08. The molecule has 0 fully saturated rings. The molecular weight excluding hydrogens is 272 g/mol. The standard InChI is InChI=1S/C15H18N2O4/c1-20-14-4-2-12(3-5-14)10-13(11-16)15(19)17-6-8-21-9-7-18/h2-5,10,18H,6-9H2,1H3,(H,17,19)/b13-10+. The predicted molar refractivity (Wildman–Crippen MR) is 77.5 cm³/mol. The molecule has 0 aromatic heterocycles. The Kier molecular flexibility index (Phi) is 7.58. The van der Waals surface area contributed by atoms with Crippen molar-refractivity contribution in [1.82, 2.24) is 5.32 Å². The summed E-state index contributed by atoms with van der Waals surface area (Å²) in [6.07, 6.45) is 1.50. The fourth-order valence-corrected chi connectivity index (χ4v) is 1.51. The van der Waals surface area contributed by atoms with E-state index < -0.39 is 5.91 Å². The number of rotatable bonds is 8. The first-order valence-corrected chi connectivity index (χ1v) is 6.44. The molecule has 0 aliphatic carbocycles. The molecule has 1 amide bonds. The zero-order valence-corrected chi connectivity index (χ0v) is 11.8. The van der Waals surface area contributed by atoms with Crippen LogP contribution in [0.1, 0.15) is 5.56 Å². The second-order valence-corrected chi connectivity index (χ2v) is 4.03. The van der Waals surface area contributed by atoms with Crippen molar-refractivity contribution < 1.29 is 19.4 Å². The smallest absolute Gasteiger partial charge is 0.262 e. The van der Waals surface area contributed by atoms with E-state index in [1.165, 1.54) is 6.08 Å². The number of amides is 1. The minimum absolute atomic E-state index is 0.0160. The van der Waals surface area contributed by atoms with Crippen LogP contribution in [0.2, 0.25) is 0 Å². The molecular formula is C15H18N2O4. The van der Waals surface area contributed by atoms with Gasteiger partial charge in [0.25, 0.3) is 5.91 Å². The lowest BCUT2D eigenvalue weighted by Gasteiger charge is -2.05. The minimum Gasteiger partial charge on any atom is -0.497 e. The highest BCUT2D eigenvalue weighted by molar-refractivity contribution is 6.01. The molecule has 2 N–H and O–H groups in total. The summed E-state index contributed by atoms with van der Waals surface area (Å²) >= 11 is 0. The molecule has 0 bridgehead atoms. The number of methoxy groups -OCH3 is 1. The summed E-state index contributed by atoms with van der Waals surface area (Å²) in [5.74, 6) is 0.247. The zero-order chi connectivity index (χ0) is 15.5. The molecule has 0 aliphatic rings. The Morgan fingerprint density at radius 2 is 2.10 bits per heavy atom. The van der Waals surface area contributed by atoms with Crippen LogP contribution >= 0.6 is 0 Å². The summed E-state index contributed by atoms with van der Waals surface area (Å²) in [5, 5.41) is 20.1. The van der Waals surface area contributed by atoms with Crippen molar-refractivity contribution in [1.29, 1.82) is 5.26 Å². The van der Waals surface area contributed by atoms with E-state index in [2.05, 4.69) is 5.32 Å². The number of nitrogens with zero attached hydrogens (tertiary/aromatic N) is 1. The highest BCUT2D eigenvalue weighted by atomic mass is 16.5. The van der Waals surface area contributed by atoms with Gasteiger partial charge in [-0.05, 0) is 23.8 Å². The molecule has 0 unspecified atom stereocenters. The van der Waals surface area contributed by atoms with Crippen LogP contribution in [0.5, 0.6) is 5.75 Å². The van der Waals surface area contributed by atoms with Gasteiger partial charge >= 0.3 is 0 Å². The summed E-state index contributed by atoms with van der Waals surface area (Å²) in [7, 11) is 1.57. The van der Waals surface area contributed by atoms with Crippen molar-refractivity contribution in [3.8, 4) is 11.8 Å². The van der Waals surface area contributed by atoms with Gasteiger partial charge in [-0.3, -0.25) is 4.79 Å². The molecule has 112 valence electrons. The van der Waals surface area contributed by atoms with E-state index in [-0.39, 0.29) is 31.9 Å². The van der Waals surface area contributed by atoms with E-state index in [0.717, 1.165) is 5.56 Å². The third-order valence-electron chi connectivity index (χ3n) is 2.56. The van der Waals surface area contributed by atoms with Crippen molar-refractivity contribution in [2.45, 2.75) is 0 Å². The molecule has 0 aliphatic heterocycles. The fourth-order valence-electron chi connectivity index (χ4n) is 1.51. The summed E-state index contributed by atoms with van der Waals surface area (Å²) in [5.41, 5.74) is 0.751. The van der Waals surface area contributed by atoms with Crippen LogP contribution in [0.25, 0.3) is 6.08 Å². The Morgan fingerprint density at radius 1 is 1.38 bits per heavy atom. The van der Waals surface area contributed by atoms with E-state index >= 15 is 0 Å². The summed E-state index contributed by atoms with van der Waals surface area (Å²) in [6, 6.07) is 8.89. The van der Waals surface area contributed by atoms with Gasteiger partial charge in [0.05, 0.1) is 26.9 Å². The number of hydrogen-bond donors (Lipinski definition) is 2. The van der Waals surface area contributed by atoms with Crippen molar-refractivity contribution in [2.24, 2.45) is 0 Å². The number of carbonyl (C=O) groups excluding carboxylic acids is 1. The second-order valence-electron chi connectivity index (χ2n) is 4.03. The minimum atomic E-state index is -0.457. The lowest BCUT2D eigenvalue weighted by molar-refractivity contribution is -0.117. The van der Waals surface area contributed by atoms with Crippen LogP contribution in [-0.2, 0) is 9.53 Å². The monoisotopic (exact) mass is 290 g/mol. The second kappa shape index (κ2) is 9.53. The Labute approximate surface area is 123 Å².